The summed E-state index contributed by atoms with van der Waals surface area (Å²) >= 11 is 0. The Morgan fingerprint density at radius 2 is 2.25 bits per heavy atom. The largest absolute Gasteiger partial charge is 0.356 e. The Morgan fingerprint density at radius 1 is 1.46 bits per heavy atom. The highest BCUT2D eigenvalue weighted by Crippen LogP contribution is 2.17. The molecule has 8 heteroatoms. The number of aromatic nitrogens is 2. The van der Waals surface area contributed by atoms with Gasteiger partial charge in [-0.15, -0.1) is 24.0 Å². The zero-order valence-electron chi connectivity index (χ0n) is 14.8. The first-order valence-electron chi connectivity index (χ1n) is 8.36. The predicted molar refractivity (Wildman–Crippen MR) is 106 cm³/mol. The molecule has 1 saturated heterocycles. The van der Waals surface area contributed by atoms with Crippen molar-refractivity contribution in [3.8, 4) is 0 Å². The topological polar surface area (TPSA) is 74.6 Å². The molecule has 2 heterocycles. The summed E-state index contributed by atoms with van der Waals surface area (Å²) in [5.74, 6) is 1.07. The lowest BCUT2D eigenvalue weighted by atomic mass is 10.1. The number of hydrogen-bond acceptors (Lipinski definition) is 3. The molecule has 24 heavy (non-hydrogen) atoms. The van der Waals surface area contributed by atoms with E-state index in [9.17, 15) is 4.79 Å². The number of halogens is 1. The van der Waals surface area contributed by atoms with E-state index in [2.05, 4.69) is 27.6 Å². The number of rotatable bonds is 7. The van der Waals surface area contributed by atoms with Gasteiger partial charge in [-0.25, -0.2) is 0 Å². The third kappa shape index (κ3) is 5.64. The van der Waals surface area contributed by atoms with Crippen LogP contribution in [-0.4, -0.2) is 52.7 Å². The molecule has 1 fully saturated rings. The van der Waals surface area contributed by atoms with Gasteiger partial charge in [0.2, 0.25) is 5.91 Å². The quantitative estimate of drug-likeness (QED) is 0.377. The van der Waals surface area contributed by atoms with Crippen LogP contribution < -0.4 is 10.6 Å². The highest BCUT2D eigenvalue weighted by atomic mass is 127. The van der Waals surface area contributed by atoms with Gasteiger partial charge in [0.15, 0.2) is 5.96 Å². The number of nitrogens with one attached hydrogen (secondary N) is 2. The molecule has 1 amide bonds. The van der Waals surface area contributed by atoms with Gasteiger partial charge in [-0.3, -0.25) is 14.5 Å². The molecule has 1 aromatic rings. The van der Waals surface area contributed by atoms with E-state index in [1.165, 1.54) is 0 Å². The number of hydrogen-bond donors (Lipinski definition) is 2. The van der Waals surface area contributed by atoms with Crippen LogP contribution in [0.2, 0.25) is 0 Å². The van der Waals surface area contributed by atoms with Gasteiger partial charge in [0.25, 0.3) is 0 Å². The van der Waals surface area contributed by atoms with Crippen LogP contribution in [0.15, 0.2) is 17.3 Å². The summed E-state index contributed by atoms with van der Waals surface area (Å²) < 4.78 is 1.84. The Morgan fingerprint density at radius 3 is 2.79 bits per heavy atom. The van der Waals surface area contributed by atoms with Crippen LogP contribution in [0.4, 0.5) is 0 Å². The van der Waals surface area contributed by atoms with Crippen LogP contribution in [0.1, 0.15) is 38.3 Å². The highest BCUT2D eigenvalue weighted by molar-refractivity contribution is 14.0. The second-order valence-corrected chi connectivity index (χ2v) is 5.84. The summed E-state index contributed by atoms with van der Waals surface area (Å²) in [6.45, 7) is 4.53. The van der Waals surface area contributed by atoms with E-state index in [4.69, 9.17) is 0 Å². The molecule has 0 bridgehead atoms. The molecule has 136 valence electrons. The Balaban J connectivity index is 0.00000288. The summed E-state index contributed by atoms with van der Waals surface area (Å²) in [6.07, 6.45) is 5.42. The van der Waals surface area contributed by atoms with Crippen molar-refractivity contribution in [3.63, 3.8) is 0 Å². The molecule has 1 unspecified atom stereocenters. The lowest BCUT2D eigenvalue weighted by Crippen LogP contribution is -2.41. The van der Waals surface area contributed by atoms with Crippen LogP contribution in [0.5, 0.6) is 0 Å². The van der Waals surface area contributed by atoms with Crippen molar-refractivity contribution in [1.82, 2.24) is 25.3 Å². The minimum Gasteiger partial charge on any atom is -0.356 e. The molecule has 2 N–H and O–H groups in total. The van der Waals surface area contributed by atoms with E-state index in [0.29, 0.717) is 24.9 Å². The van der Waals surface area contributed by atoms with E-state index >= 15 is 0 Å². The number of aryl methyl sites for hydroxylation is 1. The van der Waals surface area contributed by atoms with Gasteiger partial charge in [-0.1, -0.05) is 6.92 Å². The third-order valence-corrected chi connectivity index (χ3v) is 4.38. The van der Waals surface area contributed by atoms with Crippen molar-refractivity contribution in [2.24, 2.45) is 12.0 Å². The SMILES string of the molecule is CCC(CCNC(=NC)NCc1ccnn1C)N1CCCC1=O.I. The minimum absolute atomic E-state index is 0. The van der Waals surface area contributed by atoms with Crippen molar-refractivity contribution < 1.29 is 4.79 Å². The van der Waals surface area contributed by atoms with Gasteiger partial charge >= 0.3 is 0 Å². The maximum absolute atomic E-state index is 11.9. The van der Waals surface area contributed by atoms with E-state index in [1.54, 1.807) is 13.2 Å². The van der Waals surface area contributed by atoms with Crippen molar-refractivity contribution in [2.45, 2.75) is 45.2 Å². The summed E-state index contributed by atoms with van der Waals surface area (Å²) in [6, 6.07) is 2.31. The van der Waals surface area contributed by atoms with Gasteiger partial charge in [-0.05, 0) is 25.3 Å². The van der Waals surface area contributed by atoms with Gasteiger partial charge < -0.3 is 15.5 Å². The summed E-state index contributed by atoms with van der Waals surface area (Å²) in [4.78, 5) is 18.1. The second kappa shape index (κ2) is 10.5. The van der Waals surface area contributed by atoms with Crippen molar-refractivity contribution in [1.29, 1.82) is 0 Å². The molecule has 0 spiro atoms. The van der Waals surface area contributed by atoms with Crippen LogP contribution in [0.25, 0.3) is 0 Å². The average Bonchev–Trinajstić information content (AvgIpc) is 3.15. The van der Waals surface area contributed by atoms with Gasteiger partial charge in [0.05, 0.1) is 12.2 Å². The molecule has 2 rings (SSSR count). The molecule has 1 aliphatic heterocycles. The maximum Gasteiger partial charge on any atom is 0.222 e. The fraction of sp³-hybridized carbons (Fsp3) is 0.688. The molecule has 1 aromatic heterocycles. The number of guanidine groups is 1. The Labute approximate surface area is 161 Å². The molecule has 0 radical (unpaired) electrons. The lowest BCUT2D eigenvalue weighted by Gasteiger charge is -2.27. The predicted octanol–water partition coefficient (Wildman–Crippen LogP) is 1.49. The molecule has 0 saturated carbocycles. The zero-order valence-corrected chi connectivity index (χ0v) is 17.1. The van der Waals surface area contributed by atoms with E-state index in [-0.39, 0.29) is 24.0 Å². The monoisotopic (exact) mass is 448 g/mol. The Hall–Kier alpha value is -1.32. The molecule has 7 nitrogen and oxygen atoms in total. The minimum atomic E-state index is 0. The first-order valence-corrected chi connectivity index (χ1v) is 8.36. The van der Waals surface area contributed by atoms with Gasteiger partial charge in [0.1, 0.15) is 0 Å². The number of likely N-dealkylation sites (tertiary alicyclic amines) is 1. The number of amides is 1. The molecular formula is C16H29IN6O. The van der Waals surface area contributed by atoms with Crippen LogP contribution in [0, 0.1) is 0 Å². The van der Waals surface area contributed by atoms with Crippen LogP contribution in [-0.2, 0) is 18.4 Å². The first kappa shape index (κ1) is 20.7. The standard InChI is InChI=1S/C16H28N6O.HI/c1-4-13(22-11-5-6-15(22)23)7-9-18-16(17-2)19-12-14-8-10-20-21(14)3;/h8,10,13H,4-7,9,11-12H2,1-3H3,(H2,17,18,19);1H. The van der Waals surface area contributed by atoms with E-state index in [1.807, 2.05) is 22.7 Å². The van der Waals surface area contributed by atoms with Crippen LogP contribution >= 0.6 is 24.0 Å². The first-order chi connectivity index (χ1) is 11.2. The molecule has 0 aliphatic carbocycles. The zero-order chi connectivity index (χ0) is 16.7. The smallest absolute Gasteiger partial charge is 0.222 e. The summed E-state index contributed by atoms with van der Waals surface area (Å²) in [7, 11) is 3.69. The van der Waals surface area contributed by atoms with Crippen molar-refractivity contribution in [3.05, 3.63) is 18.0 Å². The lowest BCUT2D eigenvalue weighted by molar-refractivity contribution is -0.129. The summed E-state index contributed by atoms with van der Waals surface area (Å²) in [5.41, 5.74) is 1.10. The fourth-order valence-corrected chi connectivity index (χ4v) is 2.96. The number of carbonyl (C=O) groups excluding carboxylic acids is 1. The fourth-order valence-electron chi connectivity index (χ4n) is 2.96. The molecule has 0 aromatic carbocycles. The summed E-state index contributed by atoms with van der Waals surface area (Å²) in [5, 5.41) is 10.8. The van der Waals surface area contributed by atoms with E-state index < -0.39 is 0 Å². The van der Waals surface area contributed by atoms with Gasteiger partial charge in [0, 0.05) is 45.8 Å². The van der Waals surface area contributed by atoms with E-state index in [0.717, 1.165) is 44.0 Å². The number of carbonyl (C=O) groups is 1. The molecule has 1 aliphatic rings. The normalized spacial score (nSPS) is 16.0. The Kier molecular flexibility index (Phi) is 9.09. The molecule has 1 atom stereocenters. The third-order valence-electron chi connectivity index (χ3n) is 4.38. The highest BCUT2D eigenvalue weighted by Gasteiger charge is 2.26. The second-order valence-electron chi connectivity index (χ2n) is 5.84. The average molecular weight is 448 g/mol. The number of aliphatic imine (C=N–C) groups is 1. The van der Waals surface area contributed by atoms with Crippen LogP contribution in [0.3, 0.4) is 0 Å². The van der Waals surface area contributed by atoms with Crippen molar-refractivity contribution in [2.75, 3.05) is 20.1 Å². The molecular weight excluding hydrogens is 419 g/mol. The number of nitrogens with zero attached hydrogens (tertiary/aromatic N) is 4. The Bertz CT molecular complexity index is 544. The van der Waals surface area contributed by atoms with Crippen molar-refractivity contribution >= 4 is 35.8 Å². The van der Waals surface area contributed by atoms with Gasteiger partial charge in [-0.2, -0.15) is 5.10 Å². The maximum atomic E-state index is 11.9.